The molecule has 1 aromatic rings. The molecule has 6 nitrogen and oxygen atoms in total. The molecule has 0 saturated carbocycles. The molecular weight excluding hydrogens is 476 g/mol. The fraction of sp³-hybridized carbons (Fsp3) is 0.800. The highest BCUT2D eigenvalue weighted by atomic mass is 32.1. The maximum Gasteiger partial charge on any atom is 0.422 e. The van der Waals surface area contributed by atoms with Gasteiger partial charge in [0, 0.05) is 37.4 Å². The summed E-state index contributed by atoms with van der Waals surface area (Å²) in [4.78, 5) is 19.1. The first-order valence-electron chi connectivity index (χ1n) is 10.8. The number of nitrogens with one attached hydrogen (secondary N) is 1. The third-order valence-electron chi connectivity index (χ3n) is 5.58. The van der Waals surface area contributed by atoms with E-state index in [1.807, 2.05) is 0 Å². The Morgan fingerprint density at radius 2 is 1.91 bits per heavy atom. The fourth-order valence-corrected chi connectivity index (χ4v) is 4.79. The largest absolute Gasteiger partial charge is 0.460 e. The van der Waals surface area contributed by atoms with E-state index in [9.17, 15) is 31.1 Å². The average Bonchev–Trinajstić information content (AvgIpc) is 3.03. The number of nitrogens with zero attached hydrogens (tertiary/aromatic N) is 2. The Morgan fingerprint density at radius 3 is 2.58 bits per heavy atom. The van der Waals surface area contributed by atoms with Crippen molar-refractivity contribution in [2.24, 2.45) is 0 Å². The first kappa shape index (κ1) is 26.0. The van der Waals surface area contributed by atoms with Crippen LogP contribution in [0.2, 0.25) is 0 Å². The van der Waals surface area contributed by atoms with Crippen LogP contribution in [0, 0.1) is 0 Å². The van der Waals surface area contributed by atoms with Crippen molar-refractivity contribution < 1.29 is 40.6 Å². The number of thiazole rings is 1. The Labute approximate surface area is 191 Å². The summed E-state index contributed by atoms with van der Waals surface area (Å²) >= 11 is 1.17. The van der Waals surface area contributed by atoms with E-state index < -0.39 is 37.7 Å². The first-order valence-corrected chi connectivity index (χ1v) is 11.7. The molecule has 0 aromatic carbocycles. The molecule has 0 bridgehead atoms. The second-order valence-electron chi connectivity index (χ2n) is 8.30. The topological polar surface area (TPSA) is 63.7 Å². The SMILES string of the molecule is O=C(CCC(F)(F)F)N[C@H]1CCC(CCN2CCc3nc(OCC(F)(F)F)sc3CC2)OC1. The first-order chi connectivity index (χ1) is 15.5. The van der Waals surface area contributed by atoms with Crippen molar-refractivity contribution in [1.82, 2.24) is 15.2 Å². The molecule has 1 fully saturated rings. The van der Waals surface area contributed by atoms with E-state index in [1.165, 1.54) is 11.3 Å². The normalized spacial score (nSPS) is 22.5. The van der Waals surface area contributed by atoms with Crippen molar-refractivity contribution in [2.45, 2.75) is 69.4 Å². The van der Waals surface area contributed by atoms with Gasteiger partial charge in [0.25, 0.3) is 5.19 Å². The summed E-state index contributed by atoms with van der Waals surface area (Å²) < 4.78 is 84.1. The van der Waals surface area contributed by atoms with Crippen LogP contribution in [0.25, 0.3) is 0 Å². The molecule has 0 spiro atoms. The number of alkyl halides is 6. The Bertz CT molecular complexity index is 753. The summed E-state index contributed by atoms with van der Waals surface area (Å²) in [7, 11) is 0. The second-order valence-corrected chi connectivity index (χ2v) is 9.34. The summed E-state index contributed by atoms with van der Waals surface area (Å²) in [6.45, 7) is 1.23. The quantitative estimate of drug-likeness (QED) is 0.546. The fourth-order valence-electron chi connectivity index (χ4n) is 3.84. The van der Waals surface area contributed by atoms with Crippen molar-refractivity contribution >= 4 is 17.2 Å². The summed E-state index contributed by atoms with van der Waals surface area (Å²) in [6.07, 6.45) is -6.93. The Hall–Kier alpha value is -1.60. The third kappa shape index (κ3) is 9.28. The van der Waals surface area contributed by atoms with Crippen LogP contribution in [0.15, 0.2) is 0 Å². The summed E-state index contributed by atoms with van der Waals surface area (Å²) in [5, 5.41) is 2.66. The summed E-state index contributed by atoms with van der Waals surface area (Å²) in [5.74, 6) is -0.614. The van der Waals surface area contributed by atoms with Crippen LogP contribution in [0.4, 0.5) is 26.3 Å². The molecule has 33 heavy (non-hydrogen) atoms. The lowest BCUT2D eigenvalue weighted by molar-refractivity contribution is -0.153. The molecule has 1 unspecified atom stereocenters. The van der Waals surface area contributed by atoms with Crippen molar-refractivity contribution in [2.75, 3.05) is 32.8 Å². The van der Waals surface area contributed by atoms with Gasteiger partial charge in [0.1, 0.15) is 0 Å². The zero-order chi connectivity index (χ0) is 24.1. The highest BCUT2D eigenvalue weighted by molar-refractivity contribution is 7.13. The molecule has 2 aliphatic heterocycles. The van der Waals surface area contributed by atoms with Gasteiger partial charge in [0.15, 0.2) is 6.61 Å². The minimum atomic E-state index is -4.39. The molecule has 1 saturated heterocycles. The molecule has 1 N–H and O–H groups in total. The highest BCUT2D eigenvalue weighted by Crippen LogP contribution is 2.30. The molecule has 1 amide bonds. The molecule has 1 aromatic heterocycles. The Morgan fingerprint density at radius 1 is 1.15 bits per heavy atom. The van der Waals surface area contributed by atoms with Gasteiger partial charge in [-0.25, -0.2) is 4.98 Å². The zero-order valence-corrected chi connectivity index (χ0v) is 18.8. The molecule has 3 rings (SSSR count). The number of fused-ring (bicyclic) bond motifs is 1. The molecule has 0 aliphatic carbocycles. The molecule has 188 valence electrons. The van der Waals surface area contributed by atoms with Crippen molar-refractivity contribution in [3.8, 4) is 5.19 Å². The standard InChI is InChI=1S/C20H27F6N3O3S/c21-19(22,23)7-3-17(30)27-13-1-2-14(31-11-13)4-8-29-9-5-15-16(6-10-29)33-18(28-15)32-12-20(24,25)26/h13-14H,1-12H2,(H,27,30)/t13-,14?/m0/s1. The van der Waals surface area contributed by atoms with Gasteiger partial charge >= 0.3 is 12.4 Å². The summed E-state index contributed by atoms with van der Waals surface area (Å²) in [5.41, 5.74) is 0.790. The zero-order valence-electron chi connectivity index (χ0n) is 17.9. The van der Waals surface area contributed by atoms with E-state index in [2.05, 4.69) is 15.2 Å². The van der Waals surface area contributed by atoms with E-state index in [0.29, 0.717) is 25.7 Å². The van der Waals surface area contributed by atoms with E-state index in [1.54, 1.807) is 0 Å². The van der Waals surface area contributed by atoms with Crippen LogP contribution in [0.5, 0.6) is 5.19 Å². The Kier molecular flexibility index (Phi) is 8.84. The van der Waals surface area contributed by atoms with E-state index in [4.69, 9.17) is 9.47 Å². The van der Waals surface area contributed by atoms with Crippen molar-refractivity contribution in [3.63, 3.8) is 0 Å². The van der Waals surface area contributed by atoms with E-state index in [0.717, 1.165) is 36.6 Å². The van der Waals surface area contributed by atoms with Gasteiger partial charge in [-0.2, -0.15) is 26.3 Å². The number of carbonyl (C=O) groups is 1. The molecule has 13 heteroatoms. The minimum Gasteiger partial charge on any atom is -0.460 e. The number of hydrogen-bond donors (Lipinski definition) is 1. The molecule has 0 radical (unpaired) electrons. The van der Waals surface area contributed by atoms with Crippen LogP contribution in [-0.4, -0.2) is 73.1 Å². The van der Waals surface area contributed by atoms with Gasteiger partial charge in [-0.15, -0.1) is 0 Å². The molecule has 3 heterocycles. The molecule has 2 aliphatic rings. The minimum absolute atomic E-state index is 0.0196. The number of hydrogen-bond acceptors (Lipinski definition) is 6. The number of halogens is 6. The van der Waals surface area contributed by atoms with Crippen molar-refractivity contribution in [1.29, 1.82) is 0 Å². The van der Waals surface area contributed by atoms with Crippen LogP contribution >= 0.6 is 11.3 Å². The van der Waals surface area contributed by atoms with Crippen LogP contribution in [0.3, 0.4) is 0 Å². The van der Waals surface area contributed by atoms with Gasteiger partial charge in [0.2, 0.25) is 5.91 Å². The van der Waals surface area contributed by atoms with Crippen LogP contribution in [-0.2, 0) is 22.4 Å². The van der Waals surface area contributed by atoms with E-state index >= 15 is 0 Å². The lowest BCUT2D eigenvalue weighted by Gasteiger charge is -2.31. The highest BCUT2D eigenvalue weighted by Gasteiger charge is 2.31. The van der Waals surface area contributed by atoms with Crippen LogP contribution < -0.4 is 10.1 Å². The Balaban J connectivity index is 1.33. The van der Waals surface area contributed by atoms with Crippen LogP contribution in [0.1, 0.15) is 42.7 Å². The van der Waals surface area contributed by atoms with Gasteiger partial charge in [-0.1, -0.05) is 11.3 Å². The lowest BCUT2D eigenvalue weighted by atomic mass is 10.0. The van der Waals surface area contributed by atoms with Gasteiger partial charge in [-0.05, 0) is 25.7 Å². The predicted molar refractivity (Wildman–Crippen MR) is 108 cm³/mol. The average molecular weight is 504 g/mol. The van der Waals surface area contributed by atoms with Gasteiger partial charge < -0.3 is 19.7 Å². The third-order valence-corrected chi connectivity index (χ3v) is 6.65. The predicted octanol–water partition coefficient (Wildman–Crippen LogP) is 3.88. The maximum absolute atomic E-state index is 12.3. The number of rotatable bonds is 8. The lowest BCUT2D eigenvalue weighted by Crippen LogP contribution is -2.43. The second kappa shape index (κ2) is 11.2. The van der Waals surface area contributed by atoms with E-state index in [-0.39, 0.29) is 23.9 Å². The van der Waals surface area contributed by atoms with Gasteiger partial charge in [0.05, 0.1) is 30.9 Å². The monoisotopic (exact) mass is 503 g/mol. The molecule has 2 atom stereocenters. The van der Waals surface area contributed by atoms with Gasteiger partial charge in [-0.3, -0.25) is 4.79 Å². The number of aromatic nitrogens is 1. The smallest absolute Gasteiger partial charge is 0.422 e. The van der Waals surface area contributed by atoms with Crippen molar-refractivity contribution in [3.05, 3.63) is 10.6 Å². The number of ether oxygens (including phenoxy) is 2. The number of carbonyl (C=O) groups excluding carboxylic acids is 1. The maximum atomic E-state index is 12.3. The number of amides is 1. The molecular formula is C20H27F6N3O3S. The summed E-state index contributed by atoms with van der Waals surface area (Å²) in [6, 6.07) is -0.268.